The fourth-order valence-electron chi connectivity index (χ4n) is 4.25. The lowest BCUT2D eigenvalue weighted by Gasteiger charge is -2.36. The Morgan fingerprint density at radius 3 is 2.40 bits per heavy atom. The largest absolute Gasteiger partial charge is 0.451 e. The first kappa shape index (κ1) is 24.7. The van der Waals surface area contributed by atoms with Gasteiger partial charge >= 0.3 is 6.18 Å². The molecule has 35 heavy (non-hydrogen) atoms. The van der Waals surface area contributed by atoms with Gasteiger partial charge in [-0.2, -0.15) is 13.2 Å². The smallest absolute Gasteiger partial charge is 0.330 e. The summed E-state index contributed by atoms with van der Waals surface area (Å²) in [5.41, 5.74) is 6.60. The first-order valence-corrected chi connectivity index (χ1v) is 10.8. The number of nitrogens with two attached hydrogens (primary N) is 1. The fourth-order valence-corrected chi connectivity index (χ4v) is 4.25. The third kappa shape index (κ3) is 5.31. The molecule has 2 N–H and O–H groups in total. The predicted molar refractivity (Wildman–Crippen MR) is 112 cm³/mol. The number of amides is 1. The number of hydrogen-bond donors (Lipinski definition) is 1. The third-order valence-electron chi connectivity index (χ3n) is 5.87. The average Bonchev–Trinajstić information content (AvgIpc) is 3.23. The summed E-state index contributed by atoms with van der Waals surface area (Å²) in [6.45, 7) is -0.210. The molecule has 4 rings (SSSR count). The Bertz CT molecular complexity index is 1210. The number of rotatable bonds is 6. The van der Waals surface area contributed by atoms with Gasteiger partial charge in [-0.05, 0) is 23.6 Å². The quantitative estimate of drug-likeness (QED) is 0.415. The SMILES string of the molecule is N[C@@H](CC(=O)N1CCn2c(nnc2C(F)(F)F)[C@@H]1Cc1ccccc1)Cc1cc(F)c(F)cc1F. The summed E-state index contributed by atoms with van der Waals surface area (Å²) in [4.78, 5) is 14.5. The molecular weight excluding hydrogens is 476 g/mol. The molecule has 1 amide bonds. The molecule has 1 aliphatic heterocycles. The molecule has 186 valence electrons. The van der Waals surface area contributed by atoms with E-state index in [-0.39, 0.29) is 43.7 Å². The van der Waals surface area contributed by atoms with E-state index in [1.165, 1.54) is 4.90 Å². The molecule has 2 aromatic carbocycles. The third-order valence-corrected chi connectivity index (χ3v) is 5.87. The van der Waals surface area contributed by atoms with Crippen molar-refractivity contribution in [3.8, 4) is 0 Å². The highest BCUT2D eigenvalue weighted by Crippen LogP contribution is 2.34. The molecule has 0 spiro atoms. The Labute approximate surface area is 196 Å². The maximum atomic E-state index is 14.0. The van der Waals surface area contributed by atoms with Gasteiger partial charge < -0.3 is 15.2 Å². The van der Waals surface area contributed by atoms with Crippen molar-refractivity contribution >= 4 is 5.91 Å². The lowest BCUT2D eigenvalue weighted by atomic mass is 9.99. The second kappa shape index (κ2) is 9.68. The lowest BCUT2D eigenvalue weighted by Crippen LogP contribution is -2.45. The molecule has 0 unspecified atom stereocenters. The number of hydrogen-bond acceptors (Lipinski definition) is 4. The summed E-state index contributed by atoms with van der Waals surface area (Å²) >= 11 is 0. The number of alkyl halides is 3. The second-order valence-electron chi connectivity index (χ2n) is 8.35. The van der Waals surface area contributed by atoms with Gasteiger partial charge in [0.15, 0.2) is 17.5 Å². The van der Waals surface area contributed by atoms with Gasteiger partial charge in [0.1, 0.15) is 5.82 Å². The van der Waals surface area contributed by atoms with Crippen molar-refractivity contribution in [1.29, 1.82) is 0 Å². The molecular formula is C23H21F6N5O. The van der Waals surface area contributed by atoms with Crippen LogP contribution in [-0.2, 0) is 30.4 Å². The maximum absolute atomic E-state index is 14.0. The van der Waals surface area contributed by atoms with Crippen molar-refractivity contribution in [1.82, 2.24) is 19.7 Å². The van der Waals surface area contributed by atoms with Gasteiger partial charge in [0.25, 0.3) is 0 Å². The van der Waals surface area contributed by atoms with Crippen molar-refractivity contribution in [2.45, 2.75) is 44.1 Å². The monoisotopic (exact) mass is 497 g/mol. The summed E-state index contributed by atoms with van der Waals surface area (Å²) in [6, 6.07) is 8.19. The molecule has 1 aromatic heterocycles. The zero-order valence-corrected chi connectivity index (χ0v) is 18.3. The molecule has 3 aromatic rings. The highest BCUT2D eigenvalue weighted by Gasteiger charge is 2.42. The van der Waals surface area contributed by atoms with E-state index in [1.807, 2.05) is 0 Å². The van der Waals surface area contributed by atoms with Gasteiger partial charge in [0.05, 0.1) is 6.04 Å². The van der Waals surface area contributed by atoms with E-state index in [0.29, 0.717) is 12.1 Å². The van der Waals surface area contributed by atoms with Crippen LogP contribution >= 0.6 is 0 Å². The van der Waals surface area contributed by atoms with Crippen LogP contribution in [0, 0.1) is 17.5 Å². The van der Waals surface area contributed by atoms with Gasteiger partial charge in [-0.3, -0.25) is 4.79 Å². The van der Waals surface area contributed by atoms with Crippen molar-refractivity contribution in [2.75, 3.05) is 6.54 Å². The Morgan fingerprint density at radius 2 is 1.71 bits per heavy atom. The summed E-state index contributed by atoms with van der Waals surface area (Å²) in [5.74, 6) is -5.18. The number of aromatic nitrogens is 3. The fraction of sp³-hybridized carbons (Fsp3) is 0.348. The van der Waals surface area contributed by atoms with Crippen LogP contribution in [0.2, 0.25) is 0 Å². The number of fused-ring (bicyclic) bond motifs is 1. The van der Waals surface area contributed by atoms with Gasteiger partial charge in [-0.1, -0.05) is 30.3 Å². The standard InChI is InChI=1S/C23H21F6N5O/c24-16-12-18(26)17(25)10-14(16)9-15(30)11-20(35)33-6-7-34-21(31-32-22(34)23(27,28)29)19(33)8-13-4-2-1-3-5-13/h1-5,10,12,15,19H,6-9,11,30H2/t15-,19+/m1/s1. The molecule has 0 saturated carbocycles. The van der Waals surface area contributed by atoms with Gasteiger partial charge in [0, 0.05) is 38.0 Å². The van der Waals surface area contributed by atoms with E-state index >= 15 is 0 Å². The molecule has 0 saturated heterocycles. The van der Waals surface area contributed by atoms with Crippen molar-refractivity contribution in [3.05, 3.63) is 82.7 Å². The van der Waals surface area contributed by atoms with Gasteiger partial charge in [-0.25, -0.2) is 13.2 Å². The molecule has 0 aliphatic carbocycles. The van der Waals surface area contributed by atoms with E-state index in [2.05, 4.69) is 10.2 Å². The summed E-state index contributed by atoms with van der Waals surface area (Å²) < 4.78 is 81.8. The van der Waals surface area contributed by atoms with Gasteiger partial charge in [0.2, 0.25) is 11.7 Å². The molecule has 0 fully saturated rings. The number of carbonyl (C=O) groups is 1. The van der Waals surface area contributed by atoms with E-state index < -0.39 is 47.4 Å². The highest BCUT2D eigenvalue weighted by atomic mass is 19.4. The van der Waals surface area contributed by atoms with Crippen LogP contribution < -0.4 is 5.73 Å². The van der Waals surface area contributed by atoms with E-state index in [0.717, 1.165) is 10.1 Å². The van der Waals surface area contributed by atoms with Crippen LogP contribution in [0.1, 0.15) is 35.2 Å². The molecule has 6 nitrogen and oxygen atoms in total. The Morgan fingerprint density at radius 1 is 1.03 bits per heavy atom. The van der Waals surface area contributed by atoms with Crippen LogP contribution in [0.15, 0.2) is 42.5 Å². The average molecular weight is 497 g/mol. The Balaban J connectivity index is 1.56. The zero-order chi connectivity index (χ0) is 25.3. The van der Waals surface area contributed by atoms with Crippen molar-refractivity contribution in [3.63, 3.8) is 0 Å². The van der Waals surface area contributed by atoms with Crippen LogP contribution in [0.25, 0.3) is 0 Å². The first-order chi connectivity index (χ1) is 16.5. The lowest BCUT2D eigenvalue weighted by molar-refractivity contribution is -0.148. The molecule has 2 heterocycles. The summed E-state index contributed by atoms with van der Waals surface area (Å²) in [5, 5.41) is 7.06. The van der Waals surface area contributed by atoms with Crippen molar-refractivity contribution in [2.24, 2.45) is 5.73 Å². The maximum Gasteiger partial charge on any atom is 0.451 e. The minimum absolute atomic E-state index is 0.000926. The summed E-state index contributed by atoms with van der Waals surface area (Å²) in [6.07, 6.45) is -5.04. The topological polar surface area (TPSA) is 77.0 Å². The number of carbonyl (C=O) groups excluding carboxylic acids is 1. The van der Waals surface area contributed by atoms with Gasteiger partial charge in [-0.15, -0.1) is 10.2 Å². The first-order valence-electron chi connectivity index (χ1n) is 10.8. The minimum atomic E-state index is -4.70. The second-order valence-corrected chi connectivity index (χ2v) is 8.35. The molecule has 1 aliphatic rings. The highest BCUT2D eigenvalue weighted by molar-refractivity contribution is 5.77. The summed E-state index contributed by atoms with van der Waals surface area (Å²) in [7, 11) is 0. The molecule has 0 radical (unpaired) electrons. The van der Waals surface area contributed by atoms with E-state index in [4.69, 9.17) is 5.73 Å². The van der Waals surface area contributed by atoms with Crippen LogP contribution in [0.5, 0.6) is 0 Å². The molecule has 12 heteroatoms. The van der Waals surface area contributed by atoms with Crippen LogP contribution in [0.4, 0.5) is 26.3 Å². The number of benzene rings is 2. The van der Waals surface area contributed by atoms with Crippen molar-refractivity contribution < 1.29 is 31.1 Å². The Hall–Kier alpha value is -3.41. The van der Waals surface area contributed by atoms with Crippen LogP contribution in [-0.4, -0.2) is 38.2 Å². The zero-order valence-electron chi connectivity index (χ0n) is 18.3. The molecule has 0 bridgehead atoms. The van der Waals surface area contributed by atoms with E-state index in [9.17, 15) is 31.1 Å². The van der Waals surface area contributed by atoms with E-state index in [1.54, 1.807) is 30.3 Å². The van der Waals surface area contributed by atoms with Crippen LogP contribution in [0.3, 0.4) is 0 Å². The Kier molecular flexibility index (Phi) is 6.84. The number of halogens is 6. The number of nitrogens with zero attached hydrogens (tertiary/aromatic N) is 4. The normalized spacial score (nSPS) is 16.8. The predicted octanol–water partition coefficient (Wildman–Crippen LogP) is 3.80. The molecule has 2 atom stereocenters. The minimum Gasteiger partial charge on any atom is -0.330 e.